The van der Waals surface area contributed by atoms with Gasteiger partial charge < -0.3 is 8.83 Å². The number of nitrogens with zero attached hydrogens (tertiary/aromatic N) is 2. The van der Waals surface area contributed by atoms with Crippen molar-refractivity contribution in [2.75, 3.05) is 0 Å². The first-order valence-electron chi connectivity index (χ1n) is 7.57. The van der Waals surface area contributed by atoms with Crippen molar-refractivity contribution in [1.29, 1.82) is 0 Å². The summed E-state index contributed by atoms with van der Waals surface area (Å²) < 4.78 is 10.7. The number of rotatable bonds is 3. The van der Waals surface area contributed by atoms with Crippen molar-refractivity contribution < 1.29 is 13.6 Å². The van der Waals surface area contributed by atoms with Gasteiger partial charge in [0.15, 0.2) is 5.76 Å². The molecule has 0 fully saturated rings. The van der Waals surface area contributed by atoms with Crippen LogP contribution in [0.1, 0.15) is 34.3 Å². The van der Waals surface area contributed by atoms with Crippen LogP contribution in [-0.2, 0) is 0 Å². The predicted molar refractivity (Wildman–Crippen MR) is 93.9 cm³/mol. The summed E-state index contributed by atoms with van der Waals surface area (Å²) in [6.45, 7) is 0. The number of benzene rings is 1. The normalized spacial score (nSPS) is 17.0. The van der Waals surface area contributed by atoms with Gasteiger partial charge in [-0.1, -0.05) is 29.3 Å². The Hall–Kier alpha value is -2.50. The molecule has 0 saturated heterocycles. The van der Waals surface area contributed by atoms with E-state index in [-0.39, 0.29) is 17.7 Å². The van der Waals surface area contributed by atoms with Gasteiger partial charge in [0.1, 0.15) is 11.5 Å². The van der Waals surface area contributed by atoms with Crippen molar-refractivity contribution >= 4 is 34.8 Å². The van der Waals surface area contributed by atoms with Crippen molar-refractivity contribution in [3.8, 4) is 0 Å². The van der Waals surface area contributed by atoms with E-state index in [0.29, 0.717) is 27.9 Å². The summed E-state index contributed by atoms with van der Waals surface area (Å²) in [4.78, 5) is 12.8. The number of furan rings is 2. The standard InChI is InChI=1S/C18H12Cl2N2O3/c19-11-5-6-12(13(20)9-11)15-10-14(16-3-1-7-24-16)21-22(15)18(23)17-4-2-8-25-17/h1-9,15H,10H2/t15-/m1/s1. The molecule has 25 heavy (non-hydrogen) atoms. The second-order valence-electron chi connectivity index (χ2n) is 5.54. The highest BCUT2D eigenvalue weighted by atomic mass is 35.5. The minimum Gasteiger partial charge on any atom is -0.463 e. The summed E-state index contributed by atoms with van der Waals surface area (Å²) in [6.07, 6.45) is 3.49. The zero-order chi connectivity index (χ0) is 17.4. The van der Waals surface area contributed by atoms with E-state index in [9.17, 15) is 4.79 Å². The molecule has 1 atom stereocenters. The molecule has 2 aromatic heterocycles. The van der Waals surface area contributed by atoms with Crippen LogP contribution in [0.3, 0.4) is 0 Å². The Labute approximate surface area is 153 Å². The van der Waals surface area contributed by atoms with E-state index in [4.69, 9.17) is 32.0 Å². The van der Waals surface area contributed by atoms with Gasteiger partial charge in [-0.25, -0.2) is 5.01 Å². The lowest BCUT2D eigenvalue weighted by molar-refractivity contribution is 0.0678. The van der Waals surface area contributed by atoms with Gasteiger partial charge in [-0.15, -0.1) is 0 Å². The van der Waals surface area contributed by atoms with Gasteiger partial charge in [0.25, 0.3) is 0 Å². The van der Waals surface area contributed by atoms with Gasteiger partial charge >= 0.3 is 5.91 Å². The third-order valence-corrected chi connectivity index (χ3v) is 4.54. The van der Waals surface area contributed by atoms with Crippen molar-refractivity contribution in [2.24, 2.45) is 5.10 Å². The Bertz CT molecular complexity index is 933. The molecule has 1 aromatic carbocycles. The third kappa shape index (κ3) is 2.97. The average molecular weight is 375 g/mol. The largest absolute Gasteiger partial charge is 0.463 e. The Balaban J connectivity index is 1.75. The van der Waals surface area contributed by atoms with E-state index in [1.165, 1.54) is 11.3 Å². The molecule has 0 spiro atoms. The van der Waals surface area contributed by atoms with Gasteiger partial charge in [-0.3, -0.25) is 4.79 Å². The van der Waals surface area contributed by atoms with Crippen LogP contribution >= 0.6 is 23.2 Å². The SMILES string of the molecule is O=C(c1ccco1)N1N=C(c2ccco2)C[C@@H]1c1ccc(Cl)cc1Cl. The molecule has 4 rings (SSSR count). The molecular formula is C18H12Cl2N2O3. The number of hydrogen-bond acceptors (Lipinski definition) is 4. The second-order valence-corrected chi connectivity index (χ2v) is 6.38. The van der Waals surface area contributed by atoms with E-state index in [1.54, 1.807) is 48.7 Å². The van der Waals surface area contributed by atoms with Crippen LogP contribution in [0, 0.1) is 0 Å². The highest BCUT2D eigenvalue weighted by molar-refractivity contribution is 6.35. The number of amides is 1. The Morgan fingerprint density at radius 3 is 2.60 bits per heavy atom. The Kier molecular flexibility index (Phi) is 4.11. The van der Waals surface area contributed by atoms with Crippen molar-refractivity contribution in [3.63, 3.8) is 0 Å². The highest BCUT2D eigenvalue weighted by Crippen LogP contribution is 2.38. The molecule has 3 heterocycles. The van der Waals surface area contributed by atoms with Crippen molar-refractivity contribution in [2.45, 2.75) is 12.5 Å². The van der Waals surface area contributed by atoms with Crippen LogP contribution in [0.4, 0.5) is 0 Å². The zero-order valence-corrected chi connectivity index (χ0v) is 14.4. The van der Waals surface area contributed by atoms with Crippen LogP contribution in [0.2, 0.25) is 10.0 Å². The minimum atomic E-state index is -0.373. The van der Waals surface area contributed by atoms with Gasteiger partial charge in [0, 0.05) is 16.5 Å². The topological polar surface area (TPSA) is 59.0 Å². The quantitative estimate of drug-likeness (QED) is 0.635. The Morgan fingerprint density at radius 2 is 1.92 bits per heavy atom. The van der Waals surface area contributed by atoms with E-state index in [2.05, 4.69) is 5.10 Å². The number of hydrogen-bond donors (Lipinski definition) is 0. The Morgan fingerprint density at radius 1 is 1.12 bits per heavy atom. The molecule has 0 unspecified atom stereocenters. The van der Waals surface area contributed by atoms with E-state index in [0.717, 1.165) is 5.56 Å². The molecule has 0 radical (unpaired) electrons. The second kappa shape index (κ2) is 6.43. The maximum Gasteiger partial charge on any atom is 0.310 e. The zero-order valence-electron chi connectivity index (χ0n) is 12.9. The lowest BCUT2D eigenvalue weighted by Gasteiger charge is -2.22. The van der Waals surface area contributed by atoms with Crippen LogP contribution in [-0.4, -0.2) is 16.6 Å². The first-order chi connectivity index (χ1) is 12.1. The molecule has 5 nitrogen and oxygen atoms in total. The van der Waals surface area contributed by atoms with Crippen molar-refractivity contribution in [3.05, 3.63) is 82.1 Å². The number of carbonyl (C=O) groups excluding carboxylic acids is 1. The summed E-state index contributed by atoms with van der Waals surface area (Å²) in [6, 6.07) is 11.7. The molecule has 126 valence electrons. The van der Waals surface area contributed by atoms with Gasteiger partial charge in [0.2, 0.25) is 0 Å². The first kappa shape index (κ1) is 16.0. The molecule has 0 saturated carbocycles. The van der Waals surface area contributed by atoms with Gasteiger partial charge in [0.05, 0.1) is 18.6 Å². The molecule has 0 aliphatic carbocycles. The van der Waals surface area contributed by atoms with Crippen LogP contribution in [0.25, 0.3) is 0 Å². The highest BCUT2D eigenvalue weighted by Gasteiger charge is 2.36. The fourth-order valence-electron chi connectivity index (χ4n) is 2.82. The van der Waals surface area contributed by atoms with Crippen molar-refractivity contribution in [1.82, 2.24) is 5.01 Å². The number of halogens is 2. The lowest BCUT2D eigenvalue weighted by atomic mass is 10.0. The summed E-state index contributed by atoms with van der Waals surface area (Å²) in [5.74, 6) is 0.479. The summed E-state index contributed by atoms with van der Waals surface area (Å²) in [5.41, 5.74) is 1.43. The van der Waals surface area contributed by atoms with Gasteiger partial charge in [-0.05, 0) is 42.0 Å². The summed E-state index contributed by atoms with van der Waals surface area (Å²) >= 11 is 12.3. The fourth-order valence-corrected chi connectivity index (χ4v) is 3.35. The molecule has 1 aliphatic heterocycles. The summed E-state index contributed by atoms with van der Waals surface area (Å²) in [7, 11) is 0. The fraction of sp³-hybridized carbons (Fsp3) is 0.111. The minimum absolute atomic E-state index is 0.208. The van der Waals surface area contributed by atoms with E-state index in [1.807, 2.05) is 0 Å². The van der Waals surface area contributed by atoms with Crippen LogP contribution in [0.5, 0.6) is 0 Å². The molecule has 7 heteroatoms. The maximum absolute atomic E-state index is 12.8. The van der Waals surface area contributed by atoms with Crippen LogP contribution < -0.4 is 0 Å². The average Bonchev–Trinajstić information content (AvgIpc) is 3.34. The first-order valence-corrected chi connectivity index (χ1v) is 8.32. The molecule has 1 amide bonds. The molecule has 3 aromatic rings. The molecule has 0 N–H and O–H groups in total. The lowest BCUT2D eigenvalue weighted by Crippen LogP contribution is -2.27. The van der Waals surface area contributed by atoms with E-state index < -0.39 is 0 Å². The third-order valence-electron chi connectivity index (χ3n) is 3.98. The van der Waals surface area contributed by atoms with Gasteiger partial charge in [-0.2, -0.15) is 5.10 Å². The molecular weight excluding hydrogens is 363 g/mol. The maximum atomic E-state index is 12.8. The summed E-state index contributed by atoms with van der Waals surface area (Å²) in [5, 5.41) is 6.85. The van der Waals surface area contributed by atoms with E-state index >= 15 is 0 Å². The number of hydrazone groups is 1. The predicted octanol–water partition coefficient (Wildman–Crippen LogP) is 5.17. The van der Waals surface area contributed by atoms with Crippen LogP contribution in [0.15, 0.2) is 68.9 Å². The monoisotopic (exact) mass is 374 g/mol. The molecule has 1 aliphatic rings. The molecule has 0 bridgehead atoms. The smallest absolute Gasteiger partial charge is 0.310 e. The number of carbonyl (C=O) groups is 1.